The van der Waals surface area contributed by atoms with Crippen molar-refractivity contribution in [1.29, 1.82) is 0 Å². The molecule has 0 aromatic carbocycles. The highest BCUT2D eigenvalue weighted by atomic mass is 16.2. The van der Waals surface area contributed by atoms with Crippen molar-refractivity contribution in [3.63, 3.8) is 0 Å². The first-order valence-corrected chi connectivity index (χ1v) is 9.97. The number of hydrogen-bond acceptors (Lipinski definition) is 3. The van der Waals surface area contributed by atoms with Crippen LogP contribution >= 0.6 is 0 Å². The molecule has 1 aliphatic heterocycles. The van der Waals surface area contributed by atoms with Gasteiger partial charge in [0, 0.05) is 45.5 Å². The average Bonchev–Trinajstić information content (AvgIpc) is 2.65. The normalized spacial score (nSPS) is 21.7. The number of carbonyl (C=O) groups is 2. The second-order valence-electron chi connectivity index (χ2n) is 8.03. The van der Waals surface area contributed by atoms with E-state index in [1.165, 1.54) is 32.1 Å². The summed E-state index contributed by atoms with van der Waals surface area (Å²) in [7, 11) is 1.87. The van der Waals surface area contributed by atoms with Gasteiger partial charge in [0.05, 0.1) is 5.92 Å². The average molecular weight is 357 g/mol. The van der Waals surface area contributed by atoms with E-state index >= 15 is 0 Å². The minimum absolute atomic E-state index is 0.0663. The minimum atomic E-state index is -0.0663. The summed E-state index contributed by atoms with van der Waals surface area (Å²) >= 11 is 0. The lowest BCUT2D eigenvalue weighted by Gasteiger charge is -2.36. The van der Waals surface area contributed by atoms with E-state index in [2.05, 4.69) is 4.98 Å². The number of hydrogen-bond donors (Lipinski definition) is 0. The van der Waals surface area contributed by atoms with Crippen molar-refractivity contribution in [3.8, 4) is 0 Å². The smallest absolute Gasteiger partial charge is 0.227 e. The Kier molecular flexibility index (Phi) is 6.28. The number of carbonyl (C=O) groups excluding carboxylic acids is 2. The third-order valence-electron chi connectivity index (χ3n) is 5.97. The van der Waals surface area contributed by atoms with Crippen molar-refractivity contribution in [2.75, 3.05) is 20.1 Å². The summed E-state index contributed by atoms with van der Waals surface area (Å²) in [6, 6.07) is 1.97. The highest BCUT2D eigenvalue weighted by molar-refractivity contribution is 5.83. The molecule has 1 aromatic heterocycles. The Morgan fingerprint density at radius 1 is 1.27 bits per heavy atom. The molecular formula is C21H31N3O2. The Morgan fingerprint density at radius 2 is 2.04 bits per heavy atom. The van der Waals surface area contributed by atoms with E-state index < -0.39 is 0 Å². The topological polar surface area (TPSA) is 53.5 Å². The second kappa shape index (κ2) is 8.65. The monoisotopic (exact) mass is 357 g/mol. The molecule has 1 unspecified atom stereocenters. The first-order chi connectivity index (χ1) is 12.5. The van der Waals surface area contributed by atoms with Crippen molar-refractivity contribution < 1.29 is 9.59 Å². The van der Waals surface area contributed by atoms with E-state index in [9.17, 15) is 9.59 Å². The number of pyridine rings is 1. The molecule has 1 aliphatic carbocycles. The van der Waals surface area contributed by atoms with Crippen LogP contribution in [0.25, 0.3) is 0 Å². The van der Waals surface area contributed by atoms with Gasteiger partial charge in [-0.05, 0) is 49.3 Å². The van der Waals surface area contributed by atoms with Crippen molar-refractivity contribution in [1.82, 2.24) is 14.8 Å². The molecule has 0 bridgehead atoms. The largest absolute Gasteiger partial charge is 0.342 e. The quantitative estimate of drug-likeness (QED) is 0.813. The van der Waals surface area contributed by atoms with Gasteiger partial charge in [0.25, 0.3) is 0 Å². The molecule has 5 nitrogen and oxygen atoms in total. The third kappa shape index (κ3) is 4.63. The summed E-state index contributed by atoms with van der Waals surface area (Å²) in [6.45, 7) is 4.05. The fraction of sp³-hybridized carbons (Fsp3) is 0.667. The standard InChI is InChI=1S/C21H31N3O2/c1-16-12-22-11-10-18(16)14-23(2)21(26)19-8-9-20(25)24(15-19)13-17-6-4-3-5-7-17/h10-12,17,19H,3-9,13-15H2,1-2H3. The lowest BCUT2D eigenvalue weighted by atomic mass is 9.87. The third-order valence-corrected chi connectivity index (χ3v) is 5.97. The zero-order chi connectivity index (χ0) is 18.5. The van der Waals surface area contributed by atoms with Crippen molar-refractivity contribution in [3.05, 3.63) is 29.6 Å². The van der Waals surface area contributed by atoms with E-state index in [1.54, 1.807) is 6.20 Å². The van der Waals surface area contributed by atoms with Gasteiger partial charge in [-0.15, -0.1) is 0 Å². The van der Waals surface area contributed by atoms with Gasteiger partial charge in [0.2, 0.25) is 11.8 Å². The van der Waals surface area contributed by atoms with Crippen LogP contribution in [0.3, 0.4) is 0 Å². The molecule has 0 radical (unpaired) electrons. The molecule has 5 heteroatoms. The predicted octanol–water partition coefficient (Wildman–Crippen LogP) is 3.17. The van der Waals surface area contributed by atoms with Gasteiger partial charge in [-0.3, -0.25) is 14.6 Å². The number of rotatable bonds is 5. The van der Waals surface area contributed by atoms with Crippen LogP contribution in [-0.4, -0.2) is 46.7 Å². The lowest BCUT2D eigenvalue weighted by molar-refractivity contribution is -0.143. The Labute approximate surface area is 156 Å². The van der Waals surface area contributed by atoms with Crippen molar-refractivity contribution >= 4 is 11.8 Å². The number of aromatic nitrogens is 1. The number of aryl methyl sites for hydroxylation is 1. The number of piperidine rings is 1. The summed E-state index contributed by atoms with van der Waals surface area (Å²) in [5.74, 6) is 0.941. The van der Waals surface area contributed by atoms with Gasteiger partial charge in [-0.2, -0.15) is 0 Å². The molecule has 0 spiro atoms. The molecule has 1 saturated heterocycles. The SMILES string of the molecule is Cc1cnccc1CN(C)C(=O)C1CCC(=O)N(CC2CCCCC2)C1. The maximum atomic E-state index is 12.9. The van der Waals surface area contributed by atoms with Gasteiger partial charge in [-0.25, -0.2) is 0 Å². The van der Waals surface area contributed by atoms with E-state index in [4.69, 9.17) is 0 Å². The minimum Gasteiger partial charge on any atom is -0.342 e. The summed E-state index contributed by atoms with van der Waals surface area (Å²) < 4.78 is 0. The van der Waals surface area contributed by atoms with Gasteiger partial charge < -0.3 is 9.80 Å². The van der Waals surface area contributed by atoms with Crippen LogP contribution in [0.15, 0.2) is 18.5 Å². The van der Waals surface area contributed by atoms with Gasteiger partial charge in [0.15, 0.2) is 0 Å². The number of likely N-dealkylation sites (tertiary alicyclic amines) is 1. The molecule has 2 heterocycles. The maximum Gasteiger partial charge on any atom is 0.227 e. The summed E-state index contributed by atoms with van der Waals surface area (Å²) in [6.07, 6.45) is 11.1. The van der Waals surface area contributed by atoms with Gasteiger partial charge in [-0.1, -0.05) is 19.3 Å². The molecule has 1 atom stereocenters. The van der Waals surface area contributed by atoms with Crippen LogP contribution in [0.4, 0.5) is 0 Å². The maximum absolute atomic E-state index is 12.9. The lowest BCUT2D eigenvalue weighted by Crippen LogP contribution is -2.47. The molecule has 1 aromatic rings. The zero-order valence-electron chi connectivity index (χ0n) is 16.1. The van der Waals surface area contributed by atoms with Crippen LogP contribution < -0.4 is 0 Å². The van der Waals surface area contributed by atoms with Crippen LogP contribution in [0, 0.1) is 18.8 Å². The molecular weight excluding hydrogens is 326 g/mol. The molecule has 2 aliphatic rings. The number of nitrogens with zero attached hydrogens (tertiary/aromatic N) is 3. The van der Waals surface area contributed by atoms with E-state index in [-0.39, 0.29) is 17.7 Å². The Bertz CT molecular complexity index is 640. The fourth-order valence-corrected chi connectivity index (χ4v) is 4.30. The van der Waals surface area contributed by atoms with E-state index in [0.717, 1.165) is 17.7 Å². The van der Waals surface area contributed by atoms with Crippen LogP contribution in [0.2, 0.25) is 0 Å². The molecule has 1 saturated carbocycles. The van der Waals surface area contributed by atoms with Gasteiger partial charge in [0.1, 0.15) is 0 Å². The Balaban J connectivity index is 1.58. The first-order valence-electron chi connectivity index (χ1n) is 9.97. The van der Waals surface area contributed by atoms with E-state index in [1.807, 2.05) is 36.0 Å². The number of amides is 2. The molecule has 26 heavy (non-hydrogen) atoms. The highest BCUT2D eigenvalue weighted by Crippen LogP contribution is 2.27. The Morgan fingerprint density at radius 3 is 2.77 bits per heavy atom. The summed E-state index contributed by atoms with van der Waals surface area (Å²) in [4.78, 5) is 33.2. The van der Waals surface area contributed by atoms with Gasteiger partial charge >= 0.3 is 0 Å². The fourth-order valence-electron chi connectivity index (χ4n) is 4.30. The van der Waals surface area contributed by atoms with Crippen LogP contribution in [0.1, 0.15) is 56.1 Å². The van der Waals surface area contributed by atoms with E-state index in [0.29, 0.717) is 31.8 Å². The second-order valence-corrected chi connectivity index (χ2v) is 8.03. The first kappa shape index (κ1) is 18.9. The van der Waals surface area contributed by atoms with Crippen LogP contribution in [0.5, 0.6) is 0 Å². The summed E-state index contributed by atoms with van der Waals surface area (Å²) in [5, 5.41) is 0. The molecule has 0 N–H and O–H groups in total. The molecule has 2 amide bonds. The molecule has 3 rings (SSSR count). The predicted molar refractivity (Wildman–Crippen MR) is 101 cm³/mol. The van der Waals surface area contributed by atoms with Crippen LogP contribution in [-0.2, 0) is 16.1 Å². The summed E-state index contributed by atoms with van der Waals surface area (Å²) in [5.41, 5.74) is 2.23. The van der Waals surface area contributed by atoms with Crippen molar-refractivity contribution in [2.45, 2.75) is 58.4 Å². The molecule has 2 fully saturated rings. The highest BCUT2D eigenvalue weighted by Gasteiger charge is 2.33. The van der Waals surface area contributed by atoms with Crippen molar-refractivity contribution in [2.24, 2.45) is 11.8 Å². The zero-order valence-corrected chi connectivity index (χ0v) is 16.1. The Hall–Kier alpha value is -1.91. The molecule has 142 valence electrons.